The van der Waals surface area contributed by atoms with Gasteiger partial charge in [-0.25, -0.2) is 0 Å². The highest BCUT2D eigenvalue weighted by atomic mass is 16.3. The lowest BCUT2D eigenvalue weighted by atomic mass is 9.80. The van der Waals surface area contributed by atoms with Crippen molar-refractivity contribution in [3.05, 3.63) is 0 Å². The average Bonchev–Trinajstić information content (AvgIpc) is 2.60. The number of amides is 1. The Bertz CT molecular complexity index is 255. The minimum absolute atomic E-state index is 0.0830. The summed E-state index contributed by atoms with van der Waals surface area (Å²) >= 11 is 0. The minimum Gasteiger partial charge on any atom is -0.388 e. The summed E-state index contributed by atoms with van der Waals surface area (Å²) < 4.78 is 0. The monoisotopic (exact) mass is 212 g/mol. The van der Waals surface area contributed by atoms with E-state index >= 15 is 0 Å². The number of nitrogens with one attached hydrogen (secondary N) is 1. The van der Waals surface area contributed by atoms with Crippen LogP contribution in [0.25, 0.3) is 0 Å². The maximum atomic E-state index is 11.8. The number of aliphatic hydroxyl groups is 1. The molecule has 1 amide bonds. The second-order valence-electron chi connectivity index (χ2n) is 5.12. The Morgan fingerprint density at radius 1 is 1.20 bits per heavy atom. The Hall–Kier alpha value is -0.610. The van der Waals surface area contributed by atoms with E-state index in [4.69, 9.17) is 5.73 Å². The number of nitrogens with two attached hydrogens (primary N) is 1. The first-order valence-electron chi connectivity index (χ1n) is 5.84. The third-order valence-electron chi connectivity index (χ3n) is 3.81. The average molecular weight is 212 g/mol. The summed E-state index contributed by atoms with van der Waals surface area (Å²) in [5.74, 6) is -0.0830. The van der Waals surface area contributed by atoms with E-state index in [1.807, 2.05) is 0 Å². The summed E-state index contributed by atoms with van der Waals surface area (Å²) in [6.45, 7) is 0.366. The first kappa shape index (κ1) is 10.9. The quantitative estimate of drug-likeness (QED) is 0.629. The third kappa shape index (κ3) is 2.16. The van der Waals surface area contributed by atoms with Crippen LogP contribution in [-0.4, -0.2) is 28.7 Å². The van der Waals surface area contributed by atoms with E-state index in [-0.39, 0.29) is 5.91 Å². The fourth-order valence-electron chi connectivity index (χ4n) is 2.42. The van der Waals surface area contributed by atoms with Gasteiger partial charge in [-0.2, -0.15) is 0 Å². The normalized spacial score (nSPS) is 27.1. The van der Waals surface area contributed by atoms with Gasteiger partial charge in [-0.3, -0.25) is 4.79 Å². The molecule has 0 bridgehead atoms. The van der Waals surface area contributed by atoms with E-state index in [1.54, 1.807) is 0 Å². The molecule has 0 spiro atoms. The van der Waals surface area contributed by atoms with Gasteiger partial charge in [0.1, 0.15) is 0 Å². The van der Waals surface area contributed by atoms with Crippen LogP contribution in [0.3, 0.4) is 0 Å². The van der Waals surface area contributed by atoms with E-state index in [1.165, 1.54) is 0 Å². The molecular formula is C11H20N2O2. The summed E-state index contributed by atoms with van der Waals surface area (Å²) in [4.78, 5) is 11.8. The minimum atomic E-state index is -0.667. The van der Waals surface area contributed by atoms with E-state index in [9.17, 15) is 9.90 Å². The largest absolute Gasteiger partial charge is 0.388 e. The van der Waals surface area contributed by atoms with E-state index in [2.05, 4.69) is 5.32 Å². The predicted octanol–water partition coefficient (Wildman–Crippen LogP) is 0.289. The van der Waals surface area contributed by atoms with Crippen molar-refractivity contribution in [3.8, 4) is 0 Å². The lowest BCUT2D eigenvalue weighted by molar-refractivity contribution is -0.128. The van der Waals surface area contributed by atoms with E-state index in [0.717, 1.165) is 44.9 Å². The van der Waals surface area contributed by atoms with Crippen molar-refractivity contribution >= 4 is 5.91 Å². The Kier molecular flexibility index (Phi) is 2.73. The lowest BCUT2D eigenvalue weighted by Crippen LogP contribution is -2.56. The maximum absolute atomic E-state index is 11.8. The van der Waals surface area contributed by atoms with Crippen LogP contribution in [0.1, 0.15) is 44.9 Å². The maximum Gasteiger partial charge on any atom is 0.240 e. The van der Waals surface area contributed by atoms with Crippen LogP contribution in [0.5, 0.6) is 0 Å². The number of carbonyl (C=O) groups excluding carboxylic acids is 1. The zero-order valence-electron chi connectivity index (χ0n) is 9.09. The second kappa shape index (κ2) is 3.76. The first-order valence-corrected chi connectivity index (χ1v) is 5.84. The number of hydrogen-bond donors (Lipinski definition) is 3. The molecule has 2 aliphatic carbocycles. The van der Waals surface area contributed by atoms with E-state index < -0.39 is 11.1 Å². The Balaban J connectivity index is 1.81. The lowest BCUT2D eigenvalue weighted by Gasteiger charge is -2.37. The van der Waals surface area contributed by atoms with Crippen LogP contribution >= 0.6 is 0 Å². The molecule has 4 nitrogen and oxygen atoms in total. The molecule has 0 heterocycles. The molecule has 86 valence electrons. The molecule has 0 aliphatic heterocycles. The van der Waals surface area contributed by atoms with Crippen LogP contribution in [-0.2, 0) is 4.79 Å². The van der Waals surface area contributed by atoms with Gasteiger partial charge >= 0.3 is 0 Å². The van der Waals surface area contributed by atoms with Gasteiger partial charge < -0.3 is 16.2 Å². The first-order chi connectivity index (χ1) is 7.04. The SMILES string of the molecule is NC1(C(=O)NCC2(O)CCC2)CCCC1. The molecule has 0 atom stereocenters. The Morgan fingerprint density at radius 3 is 2.27 bits per heavy atom. The molecule has 0 aromatic heterocycles. The predicted molar refractivity (Wildman–Crippen MR) is 57.2 cm³/mol. The summed E-state index contributed by atoms with van der Waals surface area (Å²) in [7, 11) is 0. The van der Waals surface area contributed by atoms with Gasteiger partial charge in [0, 0.05) is 6.54 Å². The van der Waals surface area contributed by atoms with Gasteiger partial charge in [0.05, 0.1) is 11.1 Å². The van der Waals surface area contributed by atoms with Crippen molar-refractivity contribution in [1.29, 1.82) is 0 Å². The highest BCUT2D eigenvalue weighted by Gasteiger charge is 2.39. The molecule has 0 radical (unpaired) electrons. The van der Waals surface area contributed by atoms with Crippen LogP contribution < -0.4 is 11.1 Å². The van der Waals surface area contributed by atoms with Crippen LogP contribution in [0.4, 0.5) is 0 Å². The van der Waals surface area contributed by atoms with Gasteiger partial charge in [0.15, 0.2) is 0 Å². The molecule has 2 saturated carbocycles. The van der Waals surface area contributed by atoms with Gasteiger partial charge in [-0.1, -0.05) is 12.8 Å². The Labute approximate surface area is 90.2 Å². The molecule has 2 rings (SSSR count). The summed E-state index contributed by atoms with van der Waals surface area (Å²) in [6.07, 6.45) is 6.27. The van der Waals surface area contributed by atoms with E-state index in [0.29, 0.717) is 6.54 Å². The molecule has 0 aromatic rings. The van der Waals surface area contributed by atoms with Crippen molar-refractivity contribution in [2.45, 2.75) is 56.1 Å². The molecule has 0 unspecified atom stereocenters. The molecule has 0 saturated heterocycles. The molecule has 4 heteroatoms. The summed E-state index contributed by atoms with van der Waals surface area (Å²) in [5, 5.41) is 12.6. The molecule has 4 N–H and O–H groups in total. The van der Waals surface area contributed by atoms with Gasteiger partial charge in [0.2, 0.25) is 5.91 Å². The topological polar surface area (TPSA) is 75.4 Å². The fourth-order valence-corrected chi connectivity index (χ4v) is 2.42. The van der Waals surface area contributed by atoms with Crippen molar-refractivity contribution in [3.63, 3.8) is 0 Å². The third-order valence-corrected chi connectivity index (χ3v) is 3.81. The van der Waals surface area contributed by atoms with Gasteiger partial charge in [0.25, 0.3) is 0 Å². The highest BCUT2D eigenvalue weighted by Crippen LogP contribution is 2.31. The second-order valence-corrected chi connectivity index (χ2v) is 5.12. The van der Waals surface area contributed by atoms with Crippen LogP contribution in [0.2, 0.25) is 0 Å². The molecule has 0 aromatic carbocycles. The number of carbonyl (C=O) groups is 1. The van der Waals surface area contributed by atoms with Crippen molar-refractivity contribution in [2.24, 2.45) is 5.73 Å². The number of rotatable bonds is 3. The molecular weight excluding hydrogens is 192 g/mol. The summed E-state index contributed by atoms with van der Waals surface area (Å²) in [5.41, 5.74) is 4.68. The fraction of sp³-hybridized carbons (Fsp3) is 0.909. The van der Waals surface area contributed by atoms with Crippen LogP contribution in [0, 0.1) is 0 Å². The standard InChI is InChI=1S/C11H20N2O2/c12-11(6-1-2-7-11)9(14)13-8-10(15)4-3-5-10/h15H,1-8,12H2,(H,13,14). The van der Waals surface area contributed by atoms with Crippen LogP contribution in [0.15, 0.2) is 0 Å². The summed E-state index contributed by atoms with van der Waals surface area (Å²) in [6, 6.07) is 0. The number of hydrogen-bond acceptors (Lipinski definition) is 3. The zero-order chi connectivity index (χ0) is 10.9. The highest BCUT2D eigenvalue weighted by molar-refractivity contribution is 5.86. The molecule has 2 aliphatic rings. The van der Waals surface area contributed by atoms with Gasteiger partial charge in [-0.05, 0) is 32.1 Å². The molecule has 15 heavy (non-hydrogen) atoms. The van der Waals surface area contributed by atoms with Crippen molar-refractivity contribution in [1.82, 2.24) is 5.32 Å². The van der Waals surface area contributed by atoms with Crippen molar-refractivity contribution < 1.29 is 9.90 Å². The smallest absolute Gasteiger partial charge is 0.240 e. The van der Waals surface area contributed by atoms with Crippen molar-refractivity contribution in [2.75, 3.05) is 6.54 Å². The zero-order valence-corrected chi connectivity index (χ0v) is 9.09. The Morgan fingerprint density at radius 2 is 1.80 bits per heavy atom. The molecule has 2 fully saturated rings. The van der Waals surface area contributed by atoms with Gasteiger partial charge in [-0.15, -0.1) is 0 Å².